The first kappa shape index (κ1) is 11.7. The van der Waals surface area contributed by atoms with Crippen LogP contribution in [0.15, 0.2) is 23.8 Å². The molecule has 0 saturated carbocycles. The Morgan fingerprint density at radius 3 is 2.06 bits per heavy atom. The number of ether oxygens (including phenoxy) is 1. The van der Waals surface area contributed by atoms with E-state index in [-0.39, 0.29) is 0 Å². The van der Waals surface area contributed by atoms with E-state index in [0.717, 1.165) is 19.2 Å². The average molecular weight is 220 g/mol. The second-order valence-corrected chi connectivity index (χ2v) is 2.73. The molecule has 0 aliphatic rings. The topological polar surface area (TPSA) is 56.8 Å². The number of halogens is 2. The molecule has 0 bridgehead atoms. The van der Waals surface area contributed by atoms with E-state index >= 15 is 0 Å². The third-order valence-corrected chi connectivity index (χ3v) is 1.84. The monoisotopic (exact) mass is 220 g/mol. The second kappa shape index (κ2) is 4.90. The maximum absolute atomic E-state index is 13.3. The van der Waals surface area contributed by atoms with Crippen LogP contribution in [-0.4, -0.2) is 7.11 Å². The summed E-state index contributed by atoms with van der Waals surface area (Å²) in [6, 6.07) is 6.25. The lowest BCUT2D eigenvalue weighted by atomic mass is 10.1. The Morgan fingerprint density at radius 2 is 1.69 bits per heavy atom. The van der Waals surface area contributed by atoms with Gasteiger partial charge in [-0.15, -0.1) is 0 Å². The molecule has 0 aliphatic carbocycles. The van der Waals surface area contributed by atoms with Crippen molar-refractivity contribution in [2.75, 3.05) is 7.11 Å². The molecule has 80 valence electrons. The third kappa shape index (κ3) is 1.99. The highest BCUT2D eigenvalue weighted by molar-refractivity contribution is 5.71. The summed E-state index contributed by atoms with van der Waals surface area (Å²) >= 11 is 0. The molecule has 0 heterocycles. The van der Waals surface area contributed by atoms with Gasteiger partial charge in [0.05, 0.1) is 12.7 Å². The normalized spacial score (nSPS) is 8.81. The van der Waals surface area contributed by atoms with E-state index in [0.29, 0.717) is 0 Å². The van der Waals surface area contributed by atoms with E-state index in [1.54, 1.807) is 0 Å². The molecule has 16 heavy (non-hydrogen) atoms. The maximum atomic E-state index is 13.3. The Labute approximate surface area is 90.8 Å². The number of nitriles is 2. The fraction of sp³-hybridized carbons (Fsp3) is 0.0909. The average Bonchev–Trinajstić information content (AvgIpc) is 2.28. The van der Waals surface area contributed by atoms with Crippen molar-refractivity contribution in [2.45, 2.75) is 0 Å². The van der Waals surface area contributed by atoms with Gasteiger partial charge >= 0.3 is 0 Å². The molecule has 0 saturated heterocycles. The molecular weight excluding hydrogens is 214 g/mol. The van der Waals surface area contributed by atoms with Crippen LogP contribution in [-0.2, 0) is 4.74 Å². The fourth-order valence-electron chi connectivity index (χ4n) is 1.17. The zero-order valence-electron chi connectivity index (χ0n) is 8.29. The number of allylic oxidation sites excluding steroid dienone is 1. The largest absolute Gasteiger partial charge is 0.494 e. The summed E-state index contributed by atoms with van der Waals surface area (Å²) in [5, 5.41) is 17.2. The van der Waals surface area contributed by atoms with Crippen LogP contribution in [0.2, 0.25) is 0 Å². The first-order valence-corrected chi connectivity index (χ1v) is 4.18. The predicted octanol–water partition coefficient (Wildman–Crippen LogP) is 2.37. The van der Waals surface area contributed by atoms with Crippen molar-refractivity contribution in [3.63, 3.8) is 0 Å². The van der Waals surface area contributed by atoms with Crippen molar-refractivity contribution in [2.24, 2.45) is 0 Å². The zero-order chi connectivity index (χ0) is 12.1. The lowest BCUT2D eigenvalue weighted by Gasteiger charge is -2.08. The minimum atomic E-state index is -0.889. The van der Waals surface area contributed by atoms with Gasteiger partial charge < -0.3 is 4.74 Å². The molecule has 0 aliphatic heterocycles. The first-order valence-electron chi connectivity index (χ1n) is 4.18. The molecule has 0 aromatic heterocycles. The van der Waals surface area contributed by atoms with Crippen LogP contribution in [0.1, 0.15) is 5.56 Å². The molecule has 1 rings (SSSR count). The summed E-state index contributed by atoms with van der Waals surface area (Å²) in [6.07, 6.45) is 0. The smallest absolute Gasteiger partial charge is 0.172 e. The number of hydrogen-bond donors (Lipinski definition) is 0. The molecular formula is C11H6F2N2O. The Hall–Kier alpha value is -2.40. The Morgan fingerprint density at radius 1 is 1.19 bits per heavy atom. The van der Waals surface area contributed by atoms with Crippen LogP contribution >= 0.6 is 0 Å². The molecule has 0 unspecified atom stereocenters. The molecule has 0 spiro atoms. The van der Waals surface area contributed by atoms with Gasteiger partial charge in [0.1, 0.15) is 23.8 Å². The van der Waals surface area contributed by atoms with Crippen LogP contribution in [0, 0.1) is 34.3 Å². The molecule has 0 N–H and O–H groups in total. The Balaban J connectivity index is 3.55. The molecule has 1 aromatic carbocycles. The van der Waals surface area contributed by atoms with Crippen molar-refractivity contribution in [1.82, 2.24) is 0 Å². The first-order chi connectivity index (χ1) is 7.65. The maximum Gasteiger partial charge on any atom is 0.172 e. The quantitative estimate of drug-likeness (QED) is 0.567. The summed E-state index contributed by atoms with van der Waals surface area (Å²) in [6.45, 7) is 0. The summed E-state index contributed by atoms with van der Waals surface area (Å²) in [4.78, 5) is 0. The molecule has 0 radical (unpaired) electrons. The van der Waals surface area contributed by atoms with Gasteiger partial charge in [0.25, 0.3) is 0 Å². The van der Waals surface area contributed by atoms with Crippen molar-refractivity contribution in [1.29, 1.82) is 10.5 Å². The highest BCUT2D eigenvalue weighted by Crippen LogP contribution is 2.24. The van der Waals surface area contributed by atoms with E-state index in [9.17, 15) is 8.78 Å². The van der Waals surface area contributed by atoms with E-state index in [2.05, 4.69) is 0 Å². The number of rotatable bonds is 2. The van der Waals surface area contributed by atoms with E-state index in [1.165, 1.54) is 18.2 Å². The van der Waals surface area contributed by atoms with Crippen molar-refractivity contribution in [3.8, 4) is 12.1 Å². The lowest BCUT2D eigenvalue weighted by Crippen LogP contribution is -1.99. The molecule has 5 heteroatoms. The van der Waals surface area contributed by atoms with Crippen molar-refractivity contribution >= 4 is 5.76 Å². The Bertz CT molecular complexity index is 488. The van der Waals surface area contributed by atoms with Gasteiger partial charge in [0.2, 0.25) is 0 Å². The van der Waals surface area contributed by atoms with Crippen LogP contribution < -0.4 is 0 Å². The third-order valence-electron chi connectivity index (χ3n) is 1.84. The summed E-state index contributed by atoms with van der Waals surface area (Å²) in [5.74, 6) is -2.18. The van der Waals surface area contributed by atoms with Gasteiger partial charge in [0.15, 0.2) is 11.3 Å². The van der Waals surface area contributed by atoms with Gasteiger partial charge in [-0.3, -0.25) is 0 Å². The summed E-state index contributed by atoms with van der Waals surface area (Å²) in [7, 11) is 1.13. The molecule has 3 nitrogen and oxygen atoms in total. The minimum absolute atomic E-state index is 0.402. The molecule has 0 fully saturated rings. The fourth-order valence-corrected chi connectivity index (χ4v) is 1.17. The predicted molar refractivity (Wildman–Crippen MR) is 51.5 cm³/mol. The highest BCUT2D eigenvalue weighted by atomic mass is 19.1. The zero-order valence-corrected chi connectivity index (χ0v) is 8.29. The van der Waals surface area contributed by atoms with Gasteiger partial charge in [-0.25, -0.2) is 8.78 Å². The number of methoxy groups -OCH3 is 1. The summed E-state index contributed by atoms with van der Waals surface area (Å²) < 4.78 is 31.4. The standard InChI is InChI=1S/C11H6F2N2O/c1-16-11(7(5-14)6-15)10-8(12)3-2-4-9(10)13/h2-4H,1H3. The van der Waals surface area contributed by atoms with Crippen molar-refractivity contribution < 1.29 is 13.5 Å². The molecule has 1 aromatic rings. The van der Waals surface area contributed by atoms with E-state index < -0.39 is 28.5 Å². The van der Waals surface area contributed by atoms with Crippen molar-refractivity contribution in [3.05, 3.63) is 41.0 Å². The van der Waals surface area contributed by atoms with Gasteiger partial charge in [-0.05, 0) is 12.1 Å². The second-order valence-electron chi connectivity index (χ2n) is 2.73. The van der Waals surface area contributed by atoms with E-state index in [1.807, 2.05) is 0 Å². The van der Waals surface area contributed by atoms with Crippen LogP contribution in [0.25, 0.3) is 5.76 Å². The highest BCUT2D eigenvalue weighted by Gasteiger charge is 2.18. The van der Waals surface area contributed by atoms with Crippen LogP contribution in [0.4, 0.5) is 8.78 Å². The van der Waals surface area contributed by atoms with E-state index in [4.69, 9.17) is 15.3 Å². The number of benzene rings is 1. The lowest BCUT2D eigenvalue weighted by molar-refractivity contribution is 0.362. The molecule has 0 amide bonds. The minimum Gasteiger partial charge on any atom is -0.494 e. The van der Waals surface area contributed by atoms with Gasteiger partial charge in [-0.1, -0.05) is 6.07 Å². The van der Waals surface area contributed by atoms with Gasteiger partial charge in [0, 0.05) is 0 Å². The molecule has 0 atom stereocenters. The Kier molecular flexibility index (Phi) is 3.58. The SMILES string of the molecule is COC(=C(C#N)C#N)c1c(F)cccc1F. The number of hydrogen-bond acceptors (Lipinski definition) is 3. The summed E-state index contributed by atoms with van der Waals surface area (Å²) in [5.41, 5.74) is -0.991. The van der Waals surface area contributed by atoms with Gasteiger partial charge in [-0.2, -0.15) is 10.5 Å². The van der Waals surface area contributed by atoms with Crippen LogP contribution in [0.5, 0.6) is 0 Å². The van der Waals surface area contributed by atoms with Crippen LogP contribution in [0.3, 0.4) is 0 Å². The number of nitrogens with zero attached hydrogens (tertiary/aromatic N) is 2.